The quantitative estimate of drug-likeness (QED) is 0.849. The molecule has 1 saturated carbocycles. The van der Waals surface area contributed by atoms with Crippen molar-refractivity contribution in [3.05, 3.63) is 35.9 Å². The number of carbonyl (C=O) groups is 1. The molecule has 21 heavy (non-hydrogen) atoms. The van der Waals surface area contributed by atoms with E-state index in [0.29, 0.717) is 5.25 Å². The van der Waals surface area contributed by atoms with Crippen molar-refractivity contribution < 1.29 is 9.90 Å². The summed E-state index contributed by atoms with van der Waals surface area (Å²) in [4.78, 5) is 12.3. The fourth-order valence-corrected chi connectivity index (χ4v) is 4.17. The molecule has 0 aliphatic heterocycles. The van der Waals surface area contributed by atoms with E-state index in [4.69, 9.17) is 0 Å². The Kier molecular flexibility index (Phi) is 5.71. The Labute approximate surface area is 131 Å². The number of rotatable bonds is 6. The van der Waals surface area contributed by atoms with Gasteiger partial charge in [-0.1, -0.05) is 43.7 Å². The van der Waals surface area contributed by atoms with E-state index >= 15 is 0 Å². The summed E-state index contributed by atoms with van der Waals surface area (Å²) in [5.41, 5.74) is -0.330. The number of amides is 1. The van der Waals surface area contributed by atoms with Gasteiger partial charge >= 0.3 is 0 Å². The van der Waals surface area contributed by atoms with Crippen molar-refractivity contribution in [1.29, 1.82) is 0 Å². The standard InChI is InChI=1S/C17H25NO2S/c1-3-21-15-11-7-10-14(15)18-16(19)12-17(2,20)13-8-5-4-6-9-13/h4-6,8-9,14-15,20H,3,7,10-12H2,1-2H3,(H,18,19). The fraction of sp³-hybridized carbons (Fsp3) is 0.588. The summed E-state index contributed by atoms with van der Waals surface area (Å²) in [6.45, 7) is 3.86. The van der Waals surface area contributed by atoms with Crippen LogP contribution in [0.25, 0.3) is 0 Å². The second-order valence-electron chi connectivity index (χ2n) is 5.92. The van der Waals surface area contributed by atoms with Crippen LogP contribution in [0.4, 0.5) is 0 Å². The van der Waals surface area contributed by atoms with Gasteiger partial charge < -0.3 is 10.4 Å². The highest BCUT2D eigenvalue weighted by atomic mass is 32.2. The zero-order valence-corrected chi connectivity index (χ0v) is 13.7. The van der Waals surface area contributed by atoms with Crippen LogP contribution in [0, 0.1) is 0 Å². The fourth-order valence-electron chi connectivity index (χ4n) is 2.97. The lowest BCUT2D eigenvalue weighted by atomic mass is 9.92. The van der Waals surface area contributed by atoms with Crippen molar-refractivity contribution >= 4 is 17.7 Å². The lowest BCUT2D eigenvalue weighted by Crippen LogP contribution is -2.41. The van der Waals surface area contributed by atoms with Crippen LogP contribution in [0.15, 0.2) is 30.3 Å². The molecule has 1 fully saturated rings. The molecule has 116 valence electrons. The van der Waals surface area contributed by atoms with Gasteiger partial charge in [0.05, 0.1) is 12.0 Å². The number of aliphatic hydroxyl groups is 1. The largest absolute Gasteiger partial charge is 0.385 e. The lowest BCUT2D eigenvalue weighted by Gasteiger charge is -2.26. The molecule has 0 heterocycles. The summed E-state index contributed by atoms with van der Waals surface area (Å²) in [5.74, 6) is 1.02. The summed E-state index contributed by atoms with van der Waals surface area (Å²) in [6, 6.07) is 9.65. The molecule has 1 aliphatic rings. The first-order valence-electron chi connectivity index (χ1n) is 7.72. The average molecular weight is 307 g/mol. The van der Waals surface area contributed by atoms with Crippen molar-refractivity contribution in [3.63, 3.8) is 0 Å². The van der Waals surface area contributed by atoms with Gasteiger partial charge in [0.15, 0.2) is 0 Å². The Hall–Kier alpha value is -1.00. The van der Waals surface area contributed by atoms with Crippen LogP contribution in [-0.4, -0.2) is 28.1 Å². The Bertz CT molecular complexity index is 461. The summed E-state index contributed by atoms with van der Waals surface area (Å²) in [6.07, 6.45) is 3.52. The van der Waals surface area contributed by atoms with Gasteiger partial charge in [-0.3, -0.25) is 4.79 Å². The van der Waals surface area contributed by atoms with Crippen molar-refractivity contribution in [1.82, 2.24) is 5.32 Å². The Morgan fingerprint density at radius 3 is 2.76 bits per heavy atom. The molecule has 3 unspecified atom stereocenters. The molecule has 3 nitrogen and oxygen atoms in total. The first-order chi connectivity index (χ1) is 10.0. The van der Waals surface area contributed by atoms with Crippen LogP contribution in [0.1, 0.15) is 45.1 Å². The van der Waals surface area contributed by atoms with Crippen molar-refractivity contribution in [2.24, 2.45) is 0 Å². The van der Waals surface area contributed by atoms with Crippen LogP contribution in [0.2, 0.25) is 0 Å². The maximum absolute atomic E-state index is 12.3. The van der Waals surface area contributed by atoms with Crippen LogP contribution in [0.3, 0.4) is 0 Å². The molecular formula is C17H25NO2S. The third-order valence-corrected chi connectivity index (χ3v) is 5.41. The molecule has 1 aromatic carbocycles. The van der Waals surface area contributed by atoms with Crippen molar-refractivity contribution in [2.75, 3.05) is 5.75 Å². The Morgan fingerprint density at radius 2 is 2.10 bits per heavy atom. The van der Waals surface area contributed by atoms with Crippen molar-refractivity contribution in [2.45, 2.75) is 56.4 Å². The molecular weight excluding hydrogens is 282 g/mol. The molecule has 1 aromatic rings. The van der Waals surface area contributed by atoms with E-state index in [1.54, 1.807) is 6.92 Å². The molecule has 0 radical (unpaired) electrons. The van der Waals surface area contributed by atoms with Gasteiger partial charge in [-0.25, -0.2) is 0 Å². The number of benzene rings is 1. The highest BCUT2D eigenvalue weighted by molar-refractivity contribution is 7.99. The Morgan fingerprint density at radius 1 is 1.38 bits per heavy atom. The minimum atomic E-state index is -1.11. The molecule has 3 atom stereocenters. The molecule has 4 heteroatoms. The second-order valence-corrected chi connectivity index (χ2v) is 7.43. The highest BCUT2D eigenvalue weighted by Crippen LogP contribution is 2.30. The molecule has 0 spiro atoms. The molecule has 1 aliphatic carbocycles. The van der Waals surface area contributed by atoms with Gasteiger partial charge in [-0.15, -0.1) is 0 Å². The summed E-state index contributed by atoms with van der Waals surface area (Å²) < 4.78 is 0. The van der Waals surface area contributed by atoms with Crippen LogP contribution in [0.5, 0.6) is 0 Å². The average Bonchev–Trinajstić information content (AvgIpc) is 2.87. The van der Waals surface area contributed by atoms with Gasteiger partial charge in [0.25, 0.3) is 0 Å². The third kappa shape index (κ3) is 4.48. The monoisotopic (exact) mass is 307 g/mol. The Balaban J connectivity index is 1.92. The lowest BCUT2D eigenvalue weighted by molar-refractivity contribution is -0.126. The van der Waals surface area contributed by atoms with E-state index in [-0.39, 0.29) is 18.4 Å². The van der Waals surface area contributed by atoms with Crippen LogP contribution < -0.4 is 5.32 Å². The van der Waals surface area contributed by atoms with Gasteiger partial charge in [0.2, 0.25) is 5.91 Å². The maximum atomic E-state index is 12.3. The predicted molar refractivity (Wildman–Crippen MR) is 88.3 cm³/mol. The van der Waals surface area contributed by atoms with Gasteiger partial charge in [-0.05, 0) is 31.1 Å². The number of nitrogens with one attached hydrogen (secondary N) is 1. The van der Waals surface area contributed by atoms with E-state index in [9.17, 15) is 9.90 Å². The van der Waals surface area contributed by atoms with Crippen LogP contribution in [-0.2, 0) is 10.4 Å². The van der Waals surface area contributed by atoms with Gasteiger partial charge in [0.1, 0.15) is 0 Å². The predicted octanol–water partition coefficient (Wildman–Crippen LogP) is 3.07. The number of carbonyl (C=O) groups excluding carboxylic acids is 1. The topological polar surface area (TPSA) is 49.3 Å². The minimum absolute atomic E-state index is 0.0579. The van der Waals surface area contributed by atoms with E-state index < -0.39 is 5.60 Å². The van der Waals surface area contributed by atoms with E-state index in [0.717, 1.165) is 17.7 Å². The van der Waals surface area contributed by atoms with Crippen LogP contribution >= 0.6 is 11.8 Å². The first-order valence-corrected chi connectivity index (χ1v) is 8.76. The SMILES string of the molecule is CCSC1CCCC1NC(=O)CC(C)(O)c1ccccc1. The number of hydrogen-bond acceptors (Lipinski definition) is 3. The normalized spacial score (nSPS) is 24.5. The van der Waals surface area contributed by atoms with Gasteiger partial charge in [0, 0.05) is 11.3 Å². The summed E-state index contributed by atoms with van der Waals surface area (Å²) in [5, 5.41) is 14.2. The maximum Gasteiger partial charge on any atom is 0.223 e. The van der Waals surface area contributed by atoms with E-state index in [2.05, 4.69) is 12.2 Å². The number of thioether (sulfide) groups is 1. The van der Waals surface area contributed by atoms with Gasteiger partial charge in [-0.2, -0.15) is 11.8 Å². The summed E-state index contributed by atoms with van der Waals surface area (Å²) >= 11 is 1.93. The van der Waals surface area contributed by atoms with E-state index in [1.807, 2.05) is 42.1 Å². The zero-order chi connectivity index (χ0) is 15.3. The van der Waals surface area contributed by atoms with Crippen molar-refractivity contribution in [3.8, 4) is 0 Å². The zero-order valence-electron chi connectivity index (χ0n) is 12.8. The molecule has 0 aromatic heterocycles. The second kappa shape index (κ2) is 7.32. The number of hydrogen-bond donors (Lipinski definition) is 2. The van der Waals surface area contributed by atoms with E-state index in [1.165, 1.54) is 12.8 Å². The molecule has 2 N–H and O–H groups in total. The molecule has 0 saturated heterocycles. The molecule has 1 amide bonds. The molecule has 0 bridgehead atoms. The summed E-state index contributed by atoms with van der Waals surface area (Å²) in [7, 11) is 0. The highest BCUT2D eigenvalue weighted by Gasteiger charge is 2.31. The third-order valence-electron chi connectivity index (χ3n) is 4.08. The first kappa shape index (κ1) is 16.4. The minimum Gasteiger partial charge on any atom is -0.385 e. The smallest absolute Gasteiger partial charge is 0.223 e. The molecule has 2 rings (SSSR count).